The molecule has 1 nitrogen and oxygen atoms in total. The van der Waals surface area contributed by atoms with E-state index in [-0.39, 0.29) is 0 Å². The minimum absolute atomic E-state index is 0.406. The predicted molar refractivity (Wildman–Crippen MR) is 45.9 cm³/mol. The molecule has 1 aliphatic heterocycles. The molecule has 0 aromatic rings. The lowest BCUT2D eigenvalue weighted by Gasteiger charge is -2.23. The molecule has 2 aliphatic rings. The Bertz CT molecular complexity index is 207. The quantitative estimate of drug-likeness (QED) is 0.542. The molecular weight excluding hydrogens is 134 g/mol. The van der Waals surface area contributed by atoms with Crippen LogP contribution in [0.15, 0.2) is 24.0 Å². The molecule has 1 heterocycles. The third-order valence-electron chi connectivity index (χ3n) is 2.88. The topological polar surface area (TPSA) is 14.1 Å². The molecule has 0 saturated heterocycles. The number of nitrogens with zero attached hydrogens (tertiary/aromatic N) is 1. The Morgan fingerprint density at radius 1 is 1.36 bits per heavy atom. The van der Waals surface area contributed by atoms with E-state index in [1.54, 1.807) is 0 Å². The molecule has 0 spiro atoms. The first-order chi connectivity index (χ1) is 5.31. The standard InChI is InChI=1S/C10H14N/c1-10(6-2-3-7-10)9-5-4-8-11-9/h4-5,8H,2-3,6-7H2,1H3. The summed E-state index contributed by atoms with van der Waals surface area (Å²) in [5, 5.41) is 4.37. The van der Waals surface area contributed by atoms with Gasteiger partial charge < -0.3 is 0 Å². The second-order valence-electron chi connectivity index (χ2n) is 3.79. The third-order valence-corrected chi connectivity index (χ3v) is 2.88. The molecule has 0 aromatic carbocycles. The van der Waals surface area contributed by atoms with E-state index in [0.717, 1.165) is 0 Å². The second kappa shape index (κ2) is 2.40. The van der Waals surface area contributed by atoms with Gasteiger partial charge in [-0.25, -0.2) is 0 Å². The lowest BCUT2D eigenvalue weighted by molar-refractivity contribution is 0.396. The Morgan fingerprint density at radius 2 is 2.09 bits per heavy atom. The molecule has 2 rings (SSSR count). The van der Waals surface area contributed by atoms with Gasteiger partial charge in [0.1, 0.15) is 0 Å². The van der Waals surface area contributed by atoms with Crippen LogP contribution in [0, 0.1) is 5.41 Å². The predicted octanol–water partition coefficient (Wildman–Crippen LogP) is 2.58. The molecule has 1 heteroatoms. The number of hydrogen-bond donors (Lipinski definition) is 0. The summed E-state index contributed by atoms with van der Waals surface area (Å²) in [5.74, 6) is 0. The molecular formula is C10H14N. The lowest BCUT2D eigenvalue weighted by Crippen LogP contribution is -2.17. The molecule has 1 aliphatic carbocycles. The van der Waals surface area contributed by atoms with E-state index in [1.165, 1.54) is 31.4 Å². The van der Waals surface area contributed by atoms with E-state index < -0.39 is 0 Å². The Morgan fingerprint density at radius 3 is 2.64 bits per heavy atom. The van der Waals surface area contributed by atoms with E-state index in [4.69, 9.17) is 0 Å². The van der Waals surface area contributed by atoms with E-state index in [0.29, 0.717) is 5.41 Å². The van der Waals surface area contributed by atoms with Crippen molar-refractivity contribution in [3.05, 3.63) is 24.0 Å². The van der Waals surface area contributed by atoms with Crippen LogP contribution < -0.4 is 5.32 Å². The van der Waals surface area contributed by atoms with Crippen molar-refractivity contribution in [3.63, 3.8) is 0 Å². The summed E-state index contributed by atoms with van der Waals surface area (Å²) in [4.78, 5) is 0. The van der Waals surface area contributed by atoms with Crippen LogP contribution in [-0.4, -0.2) is 0 Å². The van der Waals surface area contributed by atoms with Gasteiger partial charge in [0.15, 0.2) is 0 Å². The summed E-state index contributed by atoms with van der Waals surface area (Å²) >= 11 is 0. The van der Waals surface area contributed by atoms with Crippen LogP contribution in [0.25, 0.3) is 0 Å². The van der Waals surface area contributed by atoms with Crippen molar-refractivity contribution < 1.29 is 0 Å². The summed E-state index contributed by atoms with van der Waals surface area (Å²) in [6, 6.07) is 0. The van der Waals surface area contributed by atoms with Crippen LogP contribution in [0.5, 0.6) is 0 Å². The van der Waals surface area contributed by atoms with Gasteiger partial charge in [-0.15, -0.1) is 0 Å². The van der Waals surface area contributed by atoms with Crippen molar-refractivity contribution in [2.24, 2.45) is 5.41 Å². The Hall–Kier alpha value is -0.720. The fourth-order valence-electron chi connectivity index (χ4n) is 2.07. The molecule has 59 valence electrons. The summed E-state index contributed by atoms with van der Waals surface area (Å²) in [6.07, 6.45) is 11.5. The van der Waals surface area contributed by atoms with Crippen LogP contribution in [0.4, 0.5) is 0 Å². The highest BCUT2D eigenvalue weighted by Crippen LogP contribution is 2.43. The van der Waals surface area contributed by atoms with Crippen LogP contribution in [0.1, 0.15) is 32.6 Å². The number of allylic oxidation sites excluding steroid dienone is 3. The summed E-state index contributed by atoms with van der Waals surface area (Å²) in [5.41, 5.74) is 1.71. The SMILES string of the molecule is CC1(C2=CC=C[N]2)CCCC1. The van der Waals surface area contributed by atoms with Crippen molar-refractivity contribution in [3.8, 4) is 0 Å². The maximum atomic E-state index is 4.37. The van der Waals surface area contributed by atoms with E-state index in [2.05, 4.69) is 18.3 Å². The highest BCUT2D eigenvalue weighted by Gasteiger charge is 2.33. The van der Waals surface area contributed by atoms with Gasteiger partial charge >= 0.3 is 0 Å². The van der Waals surface area contributed by atoms with Gasteiger partial charge in [0.2, 0.25) is 0 Å². The highest BCUT2D eigenvalue weighted by molar-refractivity contribution is 5.25. The van der Waals surface area contributed by atoms with Gasteiger partial charge in [-0.3, -0.25) is 5.32 Å². The maximum absolute atomic E-state index is 4.37. The molecule has 0 N–H and O–H groups in total. The zero-order chi connectivity index (χ0) is 7.73. The molecule has 0 atom stereocenters. The van der Waals surface area contributed by atoms with Crippen LogP contribution in [0.3, 0.4) is 0 Å². The summed E-state index contributed by atoms with van der Waals surface area (Å²) in [6.45, 7) is 2.34. The lowest BCUT2D eigenvalue weighted by atomic mass is 9.85. The zero-order valence-corrected chi connectivity index (χ0v) is 7.01. The zero-order valence-electron chi connectivity index (χ0n) is 7.01. The Kier molecular flexibility index (Phi) is 1.52. The van der Waals surface area contributed by atoms with E-state index >= 15 is 0 Å². The monoisotopic (exact) mass is 148 g/mol. The fourth-order valence-corrected chi connectivity index (χ4v) is 2.07. The molecule has 1 radical (unpaired) electrons. The van der Waals surface area contributed by atoms with Gasteiger partial charge in [-0.05, 0) is 25.0 Å². The van der Waals surface area contributed by atoms with Crippen molar-refractivity contribution in [2.75, 3.05) is 0 Å². The van der Waals surface area contributed by atoms with E-state index in [9.17, 15) is 0 Å². The van der Waals surface area contributed by atoms with Crippen molar-refractivity contribution >= 4 is 0 Å². The molecule has 1 saturated carbocycles. The molecule has 1 fully saturated rings. The van der Waals surface area contributed by atoms with Gasteiger partial charge in [-0.1, -0.05) is 19.8 Å². The van der Waals surface area contributed by atoms with Crippen molar-refractivity contribution in [1.29, 1.82) is 0 Å². The van der Waals surface area contributed by atoms with Gasteiger partial charge in [-0.2, -0.15) is 0 Å². The molecule has 11 heavy (non-hydrogen) atoms. The Balaban J connectivity index is 2.13. The van der Waals surface area contributed by atoms with Crippen molar-refractivity contribution in [2.45, 2.75) is 32.6 Å². The summed E-state index contributed by atoms with van der Waals surface area (Å²) < 4.78 is 0. The fraction of sp³-hybridized carbons (Fsp3) is 0.600. The summed E-state index contributed by atoms with van der Waals surface area (Å²) in [7, 11) is 0. The van der Waals surface area contributed by atoms with Crippen LogP contribution >= 0.6 is 0 Å². The first-order valence-electron chi connectivity index (χ1n) is 4.39. The van der Waals surface area contributed by atoms with Gasteiger partial charge in [0, 0.05) is 17.3 Å². The van der Waals surface area contributed by atoms with Crippen molar-refractivity contribution in [1.82, 2.24) is 5.32 Å². The number of hydrogen-bond acceptors (Lipinski definition) is 0. The average Bonchev–Trinajstić information content (AvgIpc) is 2.55. The van der Waals surface area contributed by atoms with Crippen LogP contribution in [0.2, 0.25) is 0 Å². The molecule has 0 aromatic heterocycles. The first-order valence-corrected chi connectivity index (χ1v) is 4.39. The molecule has 0 bridgehead atoms. The minimum atomic E-state index is 0.406. The normalized spacial score (nSPS) is 26.8. The molecule has 0 amide bonds. The number of rotatable bonds is 1. The second-order valence-corrected chi connectivity index (χ2v) is 3.79. The van der Waals surface area contributed by atoms with E-state index in [1.807, 2.05) is 12.3 Å². The van der Waals surface area contributed by atoms with Gasteiger partial charge in [0.05, 0.1) is 0 Å². The highest BCUT2D eigenvalue weighted by atomic mass is 14.9. The average molecular weight is 148 g/mol. The van der Waals surface area contributed by atoms with Gasteiger partial charge in [0.25, 0.3) is 0 Å². The smallest absolute Gasteiger partial charge is 0.0463 e. The van der Waals surface area contributed by atoms with Crippen LogP contribution in [-0.2, 0) is 0 Å². The maximum Gasteiger partial charge on any atom is 0.0463 e. The molecule has 0 unspecified atom stereocenters. The Labute approximate surface area is 68.2 Å². The minimum Gasteiger partial charge on any atom is -0.261 e. The third kappa shape index (κ3) is 1.09. The first kappa shape index (κ1) is 6.96. The largest absolute Gasteiger partial charge is 0.261 e.